The van der Waals surface area contributed by atoms with E-state index >= 15 is 0 Å². The van der Waals surface area contributed by atoms with Crippen LogP contribution >= 0.6 is 24.0 Å². The monoisotopic (exact) mass is 503 g/mol. The van der Waals surface area contributed by atoms with Crippen molar-refractivity contribution in [2.75, 3.05) is 26.7 Å². The molecule has 0 radical (unpaired) electrons. The van der Waals surface area contributed by atoms with E-state index in [2.05, 4.69) is 20.9 Å². The summed E-state index contributed by atoms with van der Waals surface area (Å²) in [5, 5.41) is 9.11. The molecule has 9 heteroatoms. The van der Waals surface area contributed by atoms with Gasteiger partial charge in [-0.2, -0.15) is 0 Å². The minimum absolute atomic E-state index is 0. The van der Waals surface area contributed by atoms with Gasteiger partial charge in [0, 0.05) is 32.1 Å². The first-order chi connectivity index (χ1) is 13.2. The highest BCUT2D eigenvalue weighted by Gasteiger charge is 2.32. The summed E-state index contributed by atoms with van der Waals surface area (Å²) < 4.78 is 5.18. The molecule has 28 heavy (non-hydrogen) atoms. The molecule has 2 amide bonds. The number of carbonyl (C=O) groups is 2. The highest BCUT2D eigenvalue weighted by atomic mass is 127. The van der Waals surface area contributed by atoms with Crippen molar-refractivity contribution < 1.29 is 14.0 Å². The molecule has 2 fully saturated rings. The first kappa shape index (κ1) is 22.5. The van der Waals surface area contributed by atoms with E-state index in [0.29, 0.717) is 30.7 Å². The van der Waals surface area contributed by atoms with E-state index in [0.717, 1.165) is 25.8 Å². The Morgan fingerprint density at radius 3 is 2.71 bits per heavy atom. The van der Waals surface area contributed by atoms with Gasteiger partial charge in [0.2, 0.25) is 11.8 Å². The van der Waals surface area contributed by atoms with Gasteiger partial charge in [0.15, 0.2) is 5.96 Å². The summed E-state index contributed by atoms with van der Waals surface area (Å²) in [5.74, 6) is 1.67. The number of nitrogens with one attached hydrogen (secondary N) is 3. The lowest BCUT2D eigenvalue weighted by atomic mass is 10.1. The lowest BCUT2D eigenvalue weighted by Crippen LogP contribution is -2.48. The lowest BCUT2D eigenvalue weighted by Gasteiger charge is -2.21. The van der Waals surface area contributed by atoms with Crippen molar-refractivity contribution in [3.63, 3.8) is 0 Å². The van der Waals surface area contributed by atoms with Crippen LogP contribution in [0.3, 0.4) is 0 Å². The molecule has 3 rings (SSSR count). The highest BCUT2D eigenvalue weighted by Crippen LogP contribution is 2.27. The van der Waals surface area contributed by atoms with E-state index in [4.69, 9.17) is 4.42 Å². The molecule has 1 saturated carbocycles. The van der Waals surface area contributed by atoms with Crippen LogP contribution in [-0.2, 0) is 16.1 Å². The maximum absolute atomic E-state index is 12.5. The minimum atomic E-state index is -0.140. The zero-order valence-corrected chi connectivity index (χ0v) is 18.6. The largest absolute Gasteiger partial charge is 0.467 e. The fraction of sp³-hybridized carbons (Fsp3) is 0.632. The van der Waals surface area contributed by atoms with E-state index in [1.165, 1.54) is 12.8 Å². The van der Waals surface area contributed by atoms with Crippen LogP contribution in [0.2, 0.25) is 0 Å². The Morgan fingerprint density at radius 1 is 1.25 bits per heavy atom. The number of rotatable bonds is 6. The molecule has 0 bridgehead atoms. The molecule has 1 aliphatic heterocycles. The number of amides is 2. The molecule has 1 aromatic heterocycles. The van der Waals surface area contributed by atoms with Crippen LogP contribution in [0.15, 0.2) is 27.8 Å². The summed E-state index contributed by atoms with van der Waals surface area (Å²) in [4.78, 5) is 30.6. The van der Waals surface area contributed by atoms with Gasteiger partial charge in [-0.15, -0.1) is 24.0 Å². The molecule has 0 aromatic carbocycles. The number of halogens is 1. The number of hydrogen-bond acceptors (Lipinski definition) is 4. The van der Waals surface area contributed by atoms with Crippen molar-refractivity contribution in [3.8, 4) is 0 Å². The maximum Gasteiger partial charge on any atom is 0.239 e. The van der Waals surface area contributed by atoms with Gasteiger partial charge in [-0.3, -0.25) is 14.6 Å². The minimum Gasteiger partial charge on any atom is -0.467 e. The third kappa shape index (κ3) is 6.39. The van der Waals surface area contributed by atoms with Crippen molar-refractivity contribution in [1.82, 2.24) is 20.9 Å². The average molecular weight is 503 g/mol. The Morgan fingerprint density at radius 2 is 2.04 bits per heavy atom. The van der Waals surface area contributed by atoms with Crippen LogP contribution in [0.5, 0.6) is 0 Å². The molecular weight excluding hydrogens is 473 g/mol. The fourth-order valence-electron chi connectivity index (χ4n) is 3.72. The van der Waals surface area contributed by atoms with E-state index in [9.17, 15) is 9.59 Å². The Kier molecular flexibility index (Phi) is 9.07. The van der Waals surface area contributed by atoms with Gasteiger partial charge >= 0.3 is 0 Å². The molecule has 3 N–H and O–H groups in total. The van der Waals surface area contributed by atoms with Gasteiger partial charge in [-0.1, -0.05) is 12.8 Å². The first-order valence-electron chi connectivity index (χ1n) is 9.70. The SMILES string of the molecule is CN=C(NCC(=O)NCc1ccco1)NC1CCN(C(=O)C2CCCC2)C1.I. The van der Waals surface area contributed by atoms with Gasteiger partial charge in [-0.05, 0) is 31.4 Å². The summed E-state index contributed by atoms with van der Waals surface area (Å²) in [7, 11) is 1.67. The predicted molar refractivity (Wildman–Crippen MR) is 117 cm³/mol. The van der Waals surface area contributed by atoms with Crippen LogP contribution in [0, 0.1) is 5.92 Å². The number of carbonyl (C=O) groups excluding carboxylic acids is 2. The van der Waals surface area contributed by atoms with Crippen molar-refractivity contribution in [2.45, 2.75) is 44.7 Å². The number of hydrogen-bond donors (Lipinski definition) is 3. The van der Waals surface area contributed by atoms with Crippen molar-refractivity contribution in [1.29, 1.82) is 0 Å². The fourth-order valence-corrected chi connectivity index (χ4v) is 3.72. The van der Waals surface area contributed by atoms with Gasteiger partial charge < -0.3 is 25.3 Å². The number of nitrogens with zero attached hydrogens (tertiary/aromatic N) is 2. The molecule has 1 unspecified atom stereocenters. The topological polar surface area (TPSA) is 99.0 Å². The van der Waals surface area contributed by atoms with E-state index in [1.54, 1.807) is 19.4 Å². The molecule has 1 aliphatic carbocycles. The van der Waals surface area contributed by atoms with E-state index < -0.39 is 0 Å². The van der Waals surface area contributed by atoms with Crippen LogP contribution in [-0.4, -0.2) is 55.4 Å². The summed E-state index contributed by atoms with van der Waals surface area (Å²) in [5.41, 5.74) is 0. The Labute approximate surface area is 182 Å². The number of furan rings is 1. The molecule has 2 aliphatic rings. The van der Waals surface area contributed by atoms with Crippen LogP contribution < -0.4 is 16.0 Å². The molecule has 1 aromatic rings. The lowest BCUT2D eigenvalue weighted by molar-refractivity contribution is -0.134. The second-order valence-corrected chi connectivity index (χ2v) is 7.18. The van der Waals surface area contributed by atoms with Gasteiger partial charge in [0.05, 0.1) is 19.4 Å². The average Bonchev–Trinajstić information content (AvgIpc) is 3.45. The third-order valence-electron chi connectivity index (χ3n) is 5.23. The summed E-state index contributed by atoms with van der Waals surface area (Å²) in [6, 6.07) is 3.76. The summed E-state index contributed by atoms with van der Waals surface area (Å²) >= 11 is 0. The maximum atomic E-state index is 12.5. The number of likely N-dealkylation sites (tertiary alicyclic amines) is 1. The van der Waals surface area contributed by atoms with Crippen LogP contribution in [0.1, 0.15) is 37.9 Å². The molecular formula is C19H30IN5O3. The van der Waals surface area contributed by atoms with Crippen LogP contribution in [0.4, 0.5) is 0 Å². The Bertz CT molecular complexity index is 659. The number of aliphatic imine (C=N–C) groups is 1. The Hall–Kier alpha value is -1.78. The van der Waals surface area contributed by atoms with E-state index in [-0.39, 0.29) is 48.4 Å². The van der Waals surface area contributed by atoms with E-state index in [1.807, 2.05) is 11.0 Å². The zero-order valence-electron chi connectivity index (χ0n) is 16.3. The van der Waals surface area contributed by atoms with Crippen molar-refractivity contribution >= 4 is 41.8 Å². The van der Waals surface area contributed by atoms with Crippen LogP contribution in [0.25, 0.3) is 0 Å². The normalized spacial score (nSPS) is 20.0. The highest BCUT2D eigenvalue weighted by molar-refractivity contribution is 14.0. The smallest absolute Gasteiger partial charge is 0.239 e. The van der Waals surface area contributed by atoms with Crippen molar-refractivity contribution in [3.05, 3.63) is 24.2 Å². The van der Waals surface area contributed by atoms with Crippen molar-refractivity contribution in [2.24, 2.45) is 10.9 Å². The standard InChI is InChI=1S/C19H29N5O3.HI/c1-20-19(22-12-17(25)21-11-16-7-4-10-27-16)23-15-8-9-24(13-15)18(26)14-5-2-3-6-14;/h4,7,10,14-15H,2-3,5-6,8-9,11-13H2,1H3,(H,21,25)(H2,20,22,23);1H. The van der Waals surface area contributed by atoms with Gasteiger partial charge in [0.25, 0.3) is 0 Å². The molecule has 8 nitrogen and oxygen atoms in total. The summed E-state index contributed by atoms with van der Waals surface area (Å²) in [6.07, 6.45) is 6.88. The number of guanidine groups is 1. The van der Waals surface area contributed by atoms with Gasteiger partial charge in [-0.25, -0.2) is 0 Å². The molecule has 1 saturated heterocycles. The molecule has 2 heterocycles. The second kappa shape index (κ2) is 11.3. The second-order valence-electron chi connectivity index (χ2n) is 7.18. The molecule has 1 atom stereocenters. The zero-order chi connectivity index (χ0) is 19.1. The third-order valence-corrected chi connectivity index (χ3v) is 5.23. The molecule has 156 valence electrons. The first-order valence-corrected chi connectivity index (χ1v) is 9.70. The molecule has 0 spiro atoms. The predicted octanol–water partition coefficient (Wildman–Crippen LogP) is 1.47. The van der Waals surface area contributed by atoms with Gasteiger partial charge in [0.1, 0.15) is 5.76 Å². The quantitative estimate of drug-likeness (QED) is 0.310. The summed E-state index contributed by atoms with van der Waals surface area (Å²) in [6.45, 7) is 1.96. The Balaban J connectivity index is 0.00000280.